The third-order valence-electron chi connectivity index (χ3n) is 5.98. The predicted molar refractivity (Wildman–Crippen MR) is 101 cm³/mol. The molecule has 0 spiro atoms. The molecule has 0 saturated heterocycles. The van der Waals surface area contributed by atoms with Crippen LogP contribution in [-0.2, 0) is 11.8 Å². The summed E-state index contributed by atoms with van der Waals surface area (Å²) in [4.78, 5) is 22.8. The highest BCUT2D eigenvalue weighted by atomic mass is 16.4. The molecule has 1 aliphatic heterocycles. The van der Waals surface area contributed by atoms with Crippen molar-refractivity contribution in [1.29, 1.82) is 0 Å². The van der Waals surface area contributed by atoms with E-state index in [0.29, 0.717) is 18.9 Å². The predicted octanol–water partition coefficient (Wildman–Crippen LogP) is 2.28. The fraction of sp³-hybridized carbons (Fsp3) is 0.350. The number of aromatic nitrogens is 6. The van der Waals surface area contributed by atoms with Crippen molar-refractivity contribution in [2.45, 2.75) is 37.6 Å². The fourth-order valence-corrected chi connectivity index (χ4v) is 3.96. The zero-order chi connectivity index (χ0) is 19.6. The van der Waals surface area contributed by atoms with E-state index in [9.17, 15) is 4.79 Å². The number of carbonyl (C=O) groups excluding carboxylic acids is 1. The van der Waals surface area contributed by atoms with Gasteiger partial charge in [-0.25, -0.2) is 9.50 Å². The lowest BCUT2D eigenvalue weighted by Crippen LogP contribution is -2.41. The van der Waals surface area contributed by atoms with Crippen molar-refractivity contribution in [2.24, 2.45) is 0 Å². The lowest BCUT2D eigenvalue weighted by molar-refractivity contribution is 0.0643. The number of nitrogens with one attached hydrogen (secondary N) is 1. The molecule has 1 N–H and O–H groups in total. The minimum Gasteiger partial charge on any atom is -0.416 e. The SMILES string of the molecule is CC1(c2nnc(C(=O)N3CCc4[nH]cnc4C3c3cc4ccccn4n3)o2)CC1. The number of nitrogens with zero attached hydrogens (tertiary/aromatic N) is 6. The summed E-state index contributed by atoms with van der Waals surface area (Å²) in [5.74, 6) is 0.284. The van der Waals surface area contributed by atoms with Gasteiger partial charge in [0, 0.05) is 30.3 Å². The quantitative estimate of drug-likeness (QED) is 0.576. The van der Waals surface area contributed by atoms with Crippen LogP contribution < -0.4 is 0 Å². The van der Waals surface area contributed by atoms with Gasteiger partial charge in [0.05, 0.1) is 23.2 Å². The maximum absolute atomic E-state index is 13.3. The lowest BCUT2D eigenvalue weighted by Gasteiger charge is -2.32. The van der Waals surface area contributed by atoms with E-state index in [2.05, 4.69) is 27.1 Å². The van der Waals surface area contributed by atoms with Crippen LogP contribution >= 0.6 is 0 Å². The summed E-state index contributed by atoms with van der Waals surface area (Å²) in [7, 11) is 0. The summed E-state index contributed by atoms with van der Waals surface area (Å²) >= 11 is 0. The highest BCUT2D eigenvalue weighted by molar-refractivity contribution is 5.90. The highest BCUT2D eigenvalue weighted by Crippen LogP contribution is 2.46. The highest BCUT2D eigenvalue weighted by Gasteiger charge is 2.45. The van der Waals surface area contributed by atoms with Gasteiger partial charge in [-0.2, -0.15) is 5.10 Å². The van der Waals surface area contributed by atoms with Crippen LogP contribution in [0.25, 0.3) is 5.52 Å². The van der Waals surface area contributed by atoms with Crippen molar-refractivity contribution < 1.29 is 9.21 Å². The van der Waals surface area contributed by atoms with Gasteiger partial charge in [-0.3, -0.25) is 4.79 Å². The number of amides is 1. The van der Waals surface area contributed by atoms with E-state index in [-0.39, 0.29) is 17.2 Å². The second kappa shape index (κ2) is 5.76. The van der Waals surface area contributed by atoms with Gasteiger partial charge in [0.15, 0.2) is 0 Å². The number of fused-ring (bicyclic) bond motifs is 2. The first-order valence-electron chi connectivity index (χ1n) is 9.74. The molecule has 1 atom stereocenters. The number of rotatable bonds is 3. The van der Waals surface area contributed by atoms with Crippen molar-refractivity contribution in [3.8, 4) is 0 Å². The molecule has 9 nitrogen and oxygen atoms in total. The van der Waals surface area contributed by atoms with Crippen molar-refractivity contribution >= 4 is 11.4 Å². The van der Waals surface area contributed by atoms with Gasteiger partial charge in [-0.15, -0.1) is 10.2 Å². The Morgan fingerprint density at radius 1 is 1.31 bits per heavy atom. The monoisotopic (exact) mass is 389 g/mol. The first kappa shape index (κ1) is 16.5. The molecule has 0 aromatic carbocycles. The number of carbonyl (C=O) groups is 1. The smallest absolute Gasteiger partial charge is 0.312 e. The van der Waals surface area contributed by atoms with Crippen LogP contribution in [-0.4, -0.2) is 47.1 Å². The van der Waals surface area contributed by atoms with Gasteiger partial charge in [-0.05, 0) is 31.0 Å². The van der Waals surface area contributed by atoms with Crippen LogP contribution in [0, 0.1) is 0 Å². The maximum Gasteiger partial charge on any atom is 0.312 e. The van der Waals surface area contributed by atoms with E-state index in [4.69, 9.17) is 9.52 Å². The zero-order valence-electron chi connectivity index (χ0n) is 15.9. The maximum atomic E-state index is 13.3. The van der Waals surface area contributed by atoms with E-state index in [0.717, 1.165) is 35.4 Å². The summed E-state index contributed by atoms with van der Waals surface area (Å²) < 4.78 is 7.57. The zero-order valence-corrected chi connectivity index (χ0v) is 15.9. The molecule has 5 heterocycles. The summed E-state index contributed by atoms with van der Waals surface area (Å²) in [6, 6.07) is 7.44. The fourth-order valence-electron chi connectivity index (χ4n) is 3.96. The number of imidazole rings is 1. The van der Waals surface area contributed by atoms with Crippen molar-refractivity contribution in [2.75, 3.05) is 6.54 Å². The van der Waals surface area contributed by atoms with Crippen LogP contribution in [0.5, 0.6) is 0 Å². The Morgan fingerprint density at radius 3 is 3.03 bits per heavy atom. The summed E-state index contributed by atoms with van der Waals surface area (Å²) in [6.07, 6.45) is 6.25. The van der Waals surface area contributed by atoms with Crippen LogP contribution in [0.4, 0.5) is 0 Å². The van der Waals surface area contributed by atoms with E-state index in [1.165, 1.54) is 0 Å². The molecule has 0 bridgehead atoms. The topological polar surface area (TPSA) is 105 Å². The van der Waals surface area contributed by atoms with E-state index < -0.39 is 6.04 Å². The molecule has 1 unspecified atom stereocenters. The van der Waals surface area contributed by atoms with Crippen LogP contribution in [0.2, 0.25) is 0 Å². The largest absolute Gasteiger partial charge is 0.416 e. The second-order valence-electron chi connectivity index (χ2n) is 8.03. The first-order valence-corrected chi connectivity index (χ1v) is 9.74. The van der Waals surface area contributed by atoms with Gasteiger partial charge in [0.1, 0.15) is 6.04 Å². The number of H-pyrrole nitrogens is 1. The number of pyridine rings is 1. The Balaban J connectivity index is 1.42. The van der Waals surface area contributed by atoms with Crippen molar-refractivity contribution in [3.63, 3.8) is 0 Å². The lowest BCUT2D eigenvalue weighted by atomic mass is 9.99. The molecule has 1 saturated carbocycles. The molecular formula is C20H19N7O2. The molecule has 1 aliphatic carbocycles. The number of aromatic amines is 1. The van der Waals surface area contributed by atoms with Gasteiger partial charge in [0.2, 0.25) is 5.89 Å². The molecule has 1 fully saturated rings. The molecule has 1 amide bonds. The van der Waals surface area contributed by atoms with Crippen LogP contribution in [0.3, 0.4) is 0 Å². The van der Waals surface area contributed by atoms with Crippen LogP contribution in [0.15, 0.2) is 41.2 Å². The van der Waals surface area contributed by atoms with Gasteiger partial charge in [0.25, 0.3) is 0 Å². The van der Waals surface area contributed by atoms with Gasteiger partial charge in [-0.1, -0.05) is 13.0 Å². The third kappa shape index (κ3) is 2.50. The third-order valence-corrected chi connectivity index (χ3v) is 5.98. The number of hydrogen-bond donors (Lipinski definition) is 1. The molecule has 9 heteroatoms. The van der Waals surface area contributed by atoms with E-state index in [1.54, 1.807) is 15.7 Å². The summed E-state index contributed by atoms with van der Waals surface area (Å²) in [6.45, 7) is 2.59. The Labute approximate surface area is 165 Å². The molecule has 146 valence electrons. The molecule has 4 aromatic heterocycles. The Kier molecular flexibility index (Phi) is 3.27. The van der Waals surface area contributed by atoms with Crippen molar-refractivity contribution in [1.82, 2.24) is 34.7 Å². The summed E-state index contributed by atoms with van der Waals surface area (Å²) in [5, 5.41) is 12.9. The standard InChI is InChI=1S/C20H19N7O2/c1-20(6-7-20)19-24-23-17(29-19)18(28)26-9-5-13-15(22-11-21-13)16(26)14-10-12-4-2-3-8-27(12)25-14/h2-4,8,10-11,16H,5-7,9H2,1H3,(H,21,22). The van der Waals surface area contributed by atoms with Crippen molar-refractivity contribution in [3.05, 3.63) is 65.7 Å². The molecule has 29 heavy (non-hydrogen) atoms. The van der Waals surface area contributed by atoms with E-state index in [1.807, 2.05) is 30.5 Å². The van der Waals surface area contributed by atoms with Gasteiger partial charge >= 0.3 is 11.8 Å². The summed E-state index contributed by atoms with van der Waals surface area (Å²) in [5.41, 5.74) is 3.46. The molecule has 0 radical (unpaired) electrons. The average Bonchev–Trinajstić information content (AvgIpc) is 3.20. The van der Waals surface area contributed by atoms with Crippen LogP contribution in [0.1, 0.15) is 59.5 Å². The van der Waals surface area contributed by atoms with Gasteiger partial charge < -0.3 is 14.3 Å². The molecular weight excluding hydrogens is 370 g/mol. The Bertz CT molecular complexity index is 1200. The second-order valence-corrected chi connectivity index (χ2v) is 8.03. The first-order chi connectivity index (χ1) is 14.1. The Morgan fingerprint density at radius 2 is 2.21 bits per heavy atom. The minimum absolute atomic E-state index is 0.0286. The van der Waals surface area contributed by atoms with E-state index >= 15 is 0 Å². The molecule has 4 aromatic rings. The normalized spacial score (nSPS) is 20.0. The number of hydrogen-bond acceptors (Lipinski definition) is 6. The Hall–Kier alpha value is -3.49. The molecule has 6 rings (SSSR count). The molecule has 2 aliphatic rings. The minimum atomic E-state index is -0.413. The average molecular weight is 389 g/mol.